The van der Waals surface area contributed by atoms with Gasteiger partial charge in [-0.05, 0) is 24.5 Å². The topological polar surface area (TPSA) is 83.5 Å². The quantitative estimate of drug-likeness (QED) is 0.841. The molecule has 0 heterocycles. The van der Waals surface area contributed by atoms with Gasteiger partial charge in [0.15, 0.2) is 0 Å². The van der Waals surface area contributed by atoms with Crippen molar-refractivity contribution in [2.24, 2.45) is 5.92 Å². The molecule has 20 heavy (non-hydrogen) atoms. The molecule has 0 bridgehead atoms. The van der Waals surface area contributed by atoms with Crippen molar-refractivity contribution in [1.29, 1.82) is 0 Å². The lowest BCUT2D eigenvalue weighted by atomic mass is 10.1. The van der Waals surface area contributed by atoms with Gasteiger partial charge < -0.3 is 5.11 Å². The minimum atomic E-state index is -4.35. The van der Waals surface area contributed by atoms with Crippen LogP contribution in [0.5, 0.6) is 0 Å². The van der Waals surface area contributed by atoms with E-state index in [4.69, 9.17) is 16.7 Å². The number of nitrogens with one attached hydrogen (secondary N) is 1. The van der Waals surface area contributed by atoms with Gasteiger partial charge in [0.1, 0.15) is 16.8 Å². The highest BCUT2D eigenvalue weighted by Crippen LogP contribution is 2.24. The molecule has 0 fully saturated rings. The van der Waals surface area contributed by atoms with Gasteiger partial charge in [0.05, 0.1) is 5.02 Å². The van der Waals surface area contributed by atoms with E-state index < -0.39 is 32.7 Å². The first-order valence-electron chi connectivity index (χ1n) is 5.84. The van der Waals surface area contributed by atoms with Gasteiger partial charge in [0.2, 0.25) is 10.0 Å². The number of carboxylic acids is 1. The first-order chi connectivity index (χ1) is 9.15. The molecule has 1 atom stereocenters. The number of carboxylic acid groups (broad SMARTS) is 1. The molecule has 0 aliphatic heterocycles. The van der Waals surface area contributed by atoms with Crippen LogP contribution < -0.4 is 4.72 Å². The molecule has 0 aromatic heterocycles. The predicted molar refractivity (Wildman–Crippen MR) is 72.6 cm³/mol. The van der Waals surface area contributed by atoms with Crippen molar-refractivity contribution in [2.75, 3.05) is 0 Å². The van der Waals surface area contributed by atoms with E-state index >= 15 is 0 Å². The average Bonchev–Trinajstić information content (AvgIpc) is 2.26. The maximum absolute atomic E-state index is 13.6. The van der Waals surface area contributed by atoms with Crippen LogP contribution >= 0.6 is 11.6 Å². The highest BCUT2D eigenvalue weighted by Gasteiger charge is 2.29. The van der Waals surface area contributed by atoms with E-state index in [9.17, 15) is 17.6 Å². The zero-order valence-corrected chi connectivity index (χ0v) is 12.5. The summed E-state index contributed by atoms with van der Waals surface area (Å²) in [6.45, 7) is 3.50. The fourth-order valence-electron chi connectivity index (χ4n) is 1.66. The van der Waals surface area contributed by atoms with Crippen LogP contribution in [0.25, 0.3) is 0 Å². The molecule has 0 spiro atoms. The number of halogens is 2. The lowest BCUT2D eigenvalue weighted by Gasteiger charge is -2.17. The normalized spacial score (nSPS) is 13.4. The van der Waals surface area contributed by atoms with Crippen molar-refractivity contribution >= 4 is 27.6 Å². The van der Waals surface area contributed by atoms with Crippen LogP contribution in [-0.4, -0.2) is 25.5 Å². The molecule has 0 amide bonds. The number of hydrogen-bond acceptors (Lipinski definition) is 3. The summed E-state index contributed by atoms with van der Waals surface area (Å²) in [4.78, 5) is 10.3. The van der Waals surface area contributed by atoms with Crippen LogP contribution in [0.1, 0.15) is 20.3 Å². The largest absolute Gasteiger partial charge is 0.480 e. The molecule has 0 saturated heterocycles. The molecule has 0 aliphatic carbocycles. The molecule has 0 saturated carbocycles. The van der Waals surface area contributed by atoms with E-state index in [1.807, 2.05) is 4.72 Å². The van der Waals surface area contributed by atoms with Crippen molar-refractivity contribution in [3.8, 4) is 0 Å². The minimum Gasteiger partial charge on any atom is -0.480 e. The molecule has 0 aliphatic rings. The van der Waals surface area contributed by atoms with Gasteiger partial charge in [0, 0.05) is 0 Å². The molecular formula is C12H15ClFNO4S. The summed E-state index contributed by atoms with van der Waals surface area (Å²) in [5, 5.41) is 8.72. The first kappa shape index (κ1) is 16.9. The van der Waals surface area contributed by atoms with E-state index in [-0.39, 0.29) is 17.4 Å². The van der Waals surface area contributed by atoms with E-state index in [0.29, 0.717) is 0 Å². The Morgan fingerprint density at radius 2 is 2.05 bits per heavy atom. The van der Waals surface area contributed by atoms with E-state index in [0.717, 1.165) is 6.07 Å². The summed E-state index contributed by atoms with van der Waals surface area (Å²) in [6.07, 6.45) is 0.0840. The highest BCUT2D eigenvalue weighted by atomic mass is 35.5. The summed E-state index contributed by atoms with van der Waals surface area (Å²) >= 11 is 5.68. The van der Waals surface area contributed by atoms with Gasteiger partial charge in [-0.25, -0.2) is 12.8 Å². The van der Waals surface area contributed by atoms with Crippen LogP contribution in [0.15, 0.2) is 23.1 Å². The van der Waals surface area contributed by atoms with Crippen molar-refractivity contribution in [1.82, 2.24) is 4.72 Å². The maximum atomic E-state index is 13.6. The van der Waals surface area contributed by atoms with Crippen molar-refractivity contribution in [3.63, 3.8) is 0 Å². The second-order valence-corrected chi connectivity index (χ2v) is 6.75. The van der Waals surface area contributed by atoms with Gasteiger partial charge in [-0.1, -0.05) is 31.5 Å². The first-order valence-corrected chi connectivity index (χ1v) is 7.70. The second kappa shape index (κ2) is 6.51. The number of rotatable bonds is 6. The fraction of sp³-hybridized carbons (Fsp3) is 0.417. The molecule has 1 aromatic rings. The molecule has 8 heteroatoms. The minimum absolute atomic E-state index is 0.0464. The van der Waals surface area contributed by atoms with Gasteiger partial charge in [-0.3, -0.25) is 4.79 Å². The van der Waals surface area contributed by atoms with Crippen LogP contribution in [-0.2, 0) is 14.8 Å². The van der Waals surface area contributed by atoms with E-state index in [2.05, 4.69) is 0 Å². The Balaban J connectivity index is 3.13. The van der Waals surface area contributed by atoms with Gasteiger partial charge in [-0.2, -0.15) is 4.72 Å². The fourth-order valence-corrected chi connectivity index (χ4v) is 3.46. The highest BCUT2D eigenvalue weighted by molar-refractivity contribution is 7.89. The third-order valence-electron chi connectivity index (χ3n) is 2.49. The van der Waals surface area contributed by atoms with Crippen molar-refractivity contribution < 1.29 is 22.7 Å². The Bertz CT molecular complexity index is 583. The number of sulfonamides is 1. The standard InChI is InChI=1S/C12H15ClFNO4S/c1-7(2)6-10(12(16)17)15-20(18,19)11-8(13)4-3-5-9(11)14/h3-5,7,10,15H,6H2,1-2H3,(H,16,17). The predicted octanol–water partition coefficient (Wildman–Crippen LogP) is 2.26. The third kappa shape index (κ3) is 4.16. The Morgan fingerprint density at radius 1 is 1.45 bits per heavy atom. The van der Waals surface area contributed by atoms with Gasteiger partial charge in [-0.15, -0.1) is 0 Å². The maximum Gasteiger partial charge on any atom is 0.321 e. The van der Waals surface area contributed by atoms with E-state index in [1.165, 1.54) is 12.1 Å². The van der Waals surface area contributed by atoms with Crippen LogP contribution in [0, 0.1) is 11.7 Å². The summed E-state index contributed by atoms with van der Waals surface area (Å²) in [5.74, 6) is -2.40. The molecule has 5 nitrogen and oxygen atoms in total. The SMILES string of the molecule is CC(C)CC(NS(=O)(=O)c1c(F)cccc1Cl)C(=O)O. The van der Waals surface area contributed by atoms with E-state index in [1.54, 1.807) is 13.8 Å². The van der Waals surface area contributed by atoms with Gasteiger partial charge in [0.25, 0.3) is 0 Å². The average molecular weight is 324 g/mol. The van der Waals surface area contributed by atoms with Crippen LogP contribution in [0.2, 0.25) is 5.02 Å². The lowest BCUT2D eigenvalue weighted by molar-refractivity contribution is -0.139. The number of carbonyl (C=O) groups is 1. The molecule has 0 radical (unpaired) electrons. The Morgan fingerprint density at radius 3 is 2.50 bits per heavy atom. The van der Waals surface area contributed by atoms with Crippen LogP contribution in [0.3, 0.4) is 0 Å². The monoisotopic (exact) mass is 323 g/mol. The Labute approximate surface area is 121 Å². The zero-order valence-electron chi connectivity index (χ0n) is 10.9. The molecular weight excluding hydrogens is 309 g/mol. The molecule has 112 valence electrons. The van der Waals surface area contributed by atoms with Crippen LogP contribution in [0.4, 0.5) is 4.39 Å². The Kier molecular flexibility index (Phi) is 5.50. The summed E-state index contributed by atoms with van der Waals surface area (Å²) in [5.41, 5.74) is 0. The smallest absolute Gasteiger partial charge is 0.321 e. The molecule has 1 unspecified atom stereocenters. The number of aliphatic carboxylic acids is 1. The third-order valence-corrected chi connectivity index (χ3v) is 4.46. The molecule has 1 aromatic carbocycles. The molecule has 2 N–H and O–H groups in total. The summed E-state index contributed by atoms with van der Waals surface area (Å²) < 4.78 is 39.7. The zero-order chi connectivity index (χ0) is 15.5. The summed E-state index contributed by atoms with van der Waals surface area (Å²) in [7, 11) is -4.35. The lowest BCUT2D eigenvalue weighted by Crippen LogP contribution is -2.41. The van der Waals surface area contributed by atoms with Crippen molar-refractivity contribution in [3.05, 3.63) is 29.0 Å². The molecule has 1 rings (SSSR count). The van der Waals surface area contributed by atoms with Gasteiger partial charge >= 0.3 is 5.97 Å². The number of hydrogen-bond donors (Lipinski definition) is 2. The Hall–Kier alpha value is -1.18. The number of benzene rings is 1. The summed E-state index contributed by atoms with van der Waals surface area (Å²) in [6, 6.07) is 2.09. The second-order valence-electron chi connectivity index (χ2n) is 4.69. The van der Waals surface area contributed by atoms with Crippen molar-refractivity contribution in [2.45, 2.75) is 31.2 Å².